The van der Waals surface area contributed by atoms with Gasteiger partial charge in [0, 0.05) is 18.3 Å². The molecule has 0 unspecified atom stereocenters. The van der Waals surface area contributed by atoms with Gasteiger partial charge in [-0.05, 0) is 63.0 Å². The quantitative estimate of drug-likeness (QED) is 0.880. The van der Waals surface area contributed by atoms with Crippen LogP contribution in [0.5, 0.6) is 10.9 Å². The first-order chi connectivity index (χ1) is 12.1. The topological polar surface area (TPSA) is 54.5 Å². The third-order valence-corrected chi connectivity index (χ3v) is 6.45. The molecule has 2 aromatic heterocycles. The van der Waals surface area contributed by atoms with Gasteiger partial charge >= 0.3 is 0 Å². The van der Waals surface area contributed by atoms with Crippen molar-refractivity contribution in [3.8, 4) is 10.9 Å². The van der Waals surface area contributed by atoms with E-state index in [0.717, 1.165) is 13.1 Å². The van der Waals surface area contributed by atoms with Crippen LogP contribution in [-0.4, -0.2) is 41.0 Å². The molecule has 1 amide bonds. The number of halogens is 1. The first-order valence-corrected chi connectivity index (χ1v) is 9.74. The molecular weight excluding hydrogens is 358 g/mol. The molecule has 132 valence electrons. The molecule has 1 N–H and O–H groups in total. The molecule has 3 aliphatic rings. The van der Waals surface area contributed by atoms with E-state index >= 15 is 0 Å². The van der Waals surface area contributed by atoms with E-state index < -0.39 is 0 Å². The van der Waals surface area contributed by atoms with Crippen LogP contribution in [0.3, 0.4) is 0 Å². The van der Waals surface area contributed by atoms with Crippen molar-refractivity contribution in [2.45, 2.75) is 31.8 Å². The summed E-state index contributed by atoms with van der Waals surface area (Å²) in [4.78, 5) is 19.9. The van der Waals surface area contributed by atoms with Crippen LogP contribution in [0.2, 0.25) is 5.02 Å². The number of nitrogens with zero attached hydrogens (tertiary/aromatic N) is 2. The van der Waals surface area contributed by atoms with E-state index in [4.69, 9.17) is 16.3 Å². The van der Waals surface area contributed by atoms with E-state index in [1.54, 1.807) is 30.5 Å². The Morgan fingerprint density at radius 3 is 2.88 bits per heavy atom. The molecule has 0 spiro atoms. The van der Waals surface area contributed by atoms with Gasteiger partial charge in [0.25, 0.3) is 5.91 Å². The zero-order valence-electron chi connectivity index (χ0n) is 13.9. The number of hydrogen-bond donors (Lipinski definition) is 1. The molecule has 7 heteroatoms. The van der Waals surface area contributed by atoms with Crippen LogP contribution in [0.4, 0.5) is 0 Å². The normalized spacial score (nSPS) is 27.9. The first-order valence-electron chi connectivity index (χ1n) is 8.55. The Bertz CT molecular complexity index is 771. The molecule has 2 aromatic rings. The van der Waals surface area contributed by atoms with Gasteiger partial charge in [0.1, 0.15) is 5.02 Å². The standard InChI is InChI=1S/C18H20ClN3O2S/c1-11-16(12-6-9-22(11)10-7-12)21-17(23)14-4-5-15(25-14)24-18-13(19)3-2-8-20-18/h2-5,8,11-12,16H,6-7,9-10H2,1H3,(H,21,23)/t11-,16-/m0/s1. The van der Waals surface area contributed by atoms with Crippen LogP contribution < -0.4 is 10.1 Å². The van der Waals surface area contributed by atoms with Crippen LogP contribution in [-0.2, 0) is 0 Å². The molecule has 5 rings (SSSR count). The number of thiophene rings is 1. The fourth-order valence-corrected chi connectivity index (χ4v) is 4.73. The number of pyridine rings is 1. The van der Waals surface area contributed by atoms with E-state index in [0.29, 0.717) is 32.8 Å². The molecular formula is C18H20ClN3O2S. The summed E-state index contributed by atoms with van der Waals surface area (Å²) in [6.07, 6.45) is 3.97. The number of nitrogens with one attached hydrogen (secondary N) is 1. The Balaban J connectivity index is 1.43. The second-order valence-corrected chi connectivity index (χ2v) is 8.08. The highest BCUT2D eigenvalue weighted by molar-refractivity contribution is 7.15. The monoisotopic (exact) mass is 377 g/mol. The molecule has 3 fully saturated rings. The van der Waals surface area contributed by atoms with Crippen molar-refractivity contribution in [1.82, 2.24) is 15.2 Å². The predicted molar refractivity (Wildman–Crippen MR) is 98.7 cm³/mol. The molecule has 2 bridgehead atoms. The Labute approximate surface area is 156 Å². The number of ether oxygens (including phenoxy) is 1. The van der Waals surface area contributed by atoms with Crippen LogP contribution in [0.1, 0.15) is 29.4 Å². The van der Waals surface area contributed by atoms with Gasteiger partial charge < -0.3 is 10.1 Å². The fourth-order valence-electron chi connectivity index (χ4n) is 3.81. The van der Waals surface area contributed by atoms with Gasteiger partial charge in [-0.15, -0.1) is 0 Å². The number of carbonyl (C=O) groups excluding carboxylic acids is 1. The fraction of sp³-hybridized carbons (Fsp3) is 0.444. The van der Waals surface area contributed by atoms with Crippen molar-refractivity contribution in [2.24, 2.45) is 5.92 Å². The van der Waals surface area contributed by atoms with Gasteiger partial charge in [-0.1, -0.05) is 22.9 Å². The zero-order chi connectivity index (χ0) is 17.4. The second-order valence-electron chi connectivity index (χ2n) is 6.62. The van der Waals surface area contributed by atoms with E-state index in [9.17, 15) is 4.79 Å². The smallest absolute Gasteiger partial charge is 0.261 e. The molecule has 3 aliphatic heterocycles. The van der Waals surface area contributed by atoms with Crippen molar-refractivity contribution >= 4 is 28.8 Å². The number of hydrogen-bond acceptors (Lipinski definition) is 5. The van der Waals surface area contributed by atoms with Gasteiger partial charge in [0.15, 0.2) is 5.06 Å². The number of carbonyl (C=O) groups is 1. The SMILES string of the molecule is C[C@H]1[C@H](NC(=O)c2ccc(Oc3ncccc3Cl)s2)C2CCN1CC2. The molecule has 0 radical (unpaired) electrons. The first kappa shape index (κ1) is 16.8. The minimum absolute atomic E-state index is 0.0300. The summed E-state index contributed by atoms with van der Waals surface area (Å²) >= 11 is 7.37. The van der Waals surface area contributed by atoms with Crippen LogP contribution in [0, 0.1) is 5.92 Å². The van der Waals surface area contributed by atoms with Gasteiger partial charge in [-0.2, -0.15) is 0 Å². The van der Waals surface area contributed by atoms with Gasteiger partial charge in [-0.25, -0.2) is 4.98 Å². The van der Waals surface area contributed by atoms with E-state index in [1.807, 2.05) is 0 Å². The lowest BCUT2D eigenvalue weighted by Crippen LogP contribution is -2.62. The maximum absolute atomic E-state index is 12.7. The summed E-state index contributed by atoms with van der Waals surface area (Å²) in [5.41, 5.74) is 0. The summed E-state index contributed by atoms with van der Waals surface area (Å²) in [5.74, 6) is 0.911. The summed E-state index contributed by atoms with van der Waals surface area (Å²) < 4.78 is 5.69. The van der Waals surface area contributed by atoms with Crippen molar-refractivity contribution in [3.63, 3.8) is 0 Å². The molecule has 0 aromatic carbocycles. The summed E-state index contributed by atoms with van der Waals surface area (Å²) in [7, 11) is 0. The molecule has 2 atom stereocenters. The molecule has 0 aliphatic carbocycles. The Morgan fingerprint density at radius 2 is 2.16 bits per heavy atom. The highest BCUT2D eigenvalue weighted by Gasteiger charge is 2.40. The Hall–Kier alpha value is -1.63. The molecule has 3 saturated heterocycles. The number of fused-ring (bicyclic) bond motifs is 3. The van der Waals surface area contributed by atoms with Crippen molar-refractivity contribution in [3.05, 3.63) is 40.4 Å². The lowest BCUT2D eigenvalue weighted by atomic mass is 9.79. The predicted octanol–water partition coefficient (Wildman–Crippen LogP) is 3.80. The second kappa shape index (κ2) is 6.94. The lowest BCUT2D eigenvalue weighted by Gasteiger charge is -2.49. The zero-order valence-corrected chi connectivity index (χ0v) is 15.5. The van der Waals surface area contributed by atoms with Gasteiger partial charge in [0.05, 0.1) is 4.88 Å². The Kier molecular flexibility index (Phi) is 4.67. The maximum Gasteiger partial charge on any atom is 0.261 e. The van der Waals surface area contributed by atoms with E-state index in [2.05, 4.69) is 22.1 Å². The van der Waals surface area contributed by atoms with Gasteiger partial charge in [0.2, 0.25) is 5.88 Å². The number of amides is 1. The summed E-state index contributed by atoms with van der Waals surface area (Å²) in [6.45, 7) is 4.52. The minimum Gasteiger partial charge on any atom is -0.427 e. The Morgan fingerprint density at radius 1 is 1.36 bits per heavy atom. The molecule has 25 heavy (non-hydrogen) atoms. The van der Waals surface area contributed by atoms with Crippen LogP contribution in [0.15, 0.2) is 30.5 Å². The van der Waals surface area contributed by atoms with Crippen LogP contribution in [0.25, 0.3) is 0 Å². The molecule has 5 nitrogen and oxygen atoms in total. The lowest BCUT2D eigenvalue weighted by molar-refractivity contribution is 0.0218. The van der Waals surface area contributed by atoms with Crippen molar-refractivity contribution in [1.29, 1.82) is 0 Å². The van der Waals surface area contributed by atoms with Crippen molar-refractivity contribution < 1.29 is 9.53 Å². The average molecular weight is 378 g/mol. The highest BCUT2D eigenvalue weighted by atomic mass is 35.5. The van der Waals surface area contributed by atoms with E-state index in [-0.39, 0.29) is 11.9 Å². The number of aromatic nitrogens is 1. The van der Waals surface area contributed by atoms with Crippen molar-refractivity contribution in [2.75, 3.05) is 13.1 Å². The summed E-state index contributed by atoms with van der Waals surface area (Å²) in [6, 6.07) is 7.67. The maximum atomic E-state index is 12.7. The van der Waals surface area contributed by atoms with Crippen LogP contribution >= 0.6 is 22.9 Å². The highest BCUT2D eigenvalue weighted by Crippen LogP contribution is 2.34. The average Bonchev–Trinajstić information content (AvgIpc) is 3.09. The third kappa shape index (κ3) is 3.38. The third-order valence-electron chi connectivity index (χ3n) is 5.20. The number of piperidine rings is 3. The minimum atomic E-state index is -0.0300. The largest absolute Gasteiger partial charge is 0.427 e. The molecule has 0 saturated carbocycles. The molecule has 5 heterocycles. The number of rotatable bonds is 4. The van der Waals surface area contributed by atoms with Gasteiger partial charge in [-0.3, -0.25) is 9.69 Å². The summed E-state index contributed by atoms with van der Waals surface area (Å²) in [5, 5.41) is 4.29. The van der Waals surface area contributed by atoms with E-state index in [1.165, 1.54) is 24.2 Å².